The number of rotatable bonds is 6. The van der Waals surface area contributed by atoms with E-state index in [1.165, 1.54) is 31.3 Å². The van der Waals surface area contributed by atoms with Gasteiger partial charge in [0.25, 0.3) is 0 Å². The van der Waals surface area contributed by atoms with E-state index in [0.29, 0.717) is 37.1 Å². The van der Waals surface area contributed by atoms with Crippen LogP contribution in [0.15, 0.2) is 52.6 Å². The summed E-state index contributed by atoms with van der Waals surface area (Å²) in [5.41, 5.74) is 3.22. The number of allylic oxidation sites excluding steroid dienone is 4. The van der Waals surface area contributed by atoms with Gasteiger partial charge in [-0.15, -0.1) is 0 Å². The first-order valence-electron chi connectivity index (χ1n) is 14.2. The molecular formula is C31H45NO4. The number of hydrogen-bond donors (Lipinski definition) is 3. The molecule has 1 unspecified atom stereocenters. The zero-order valence-corrected chi connectivity index (χ0v) is 22.3. The second-order valence-electron chi connectivity index (χ2n) is 12.6. The minimum Gasteiger partial charge on any atom is -0.476 e. The summed E-state index contributed by atoms with van der Waals surface area (Å²) in [7, 11) is 0. The highest BCUT2D eigenvalue weighted by Gasteiger charge is 2.55. The van der Waals surface area contributed by atoms with Crippen LogP contribution in [-0.4, -0.2) is 52.2 Å². The van der Waals surface area contributed by atoms with Gasteiger partial charge in [0.2, 0.25) is 0 Å². The quantitative estimate of drug-likeness (QED) is 0.438. The summed E-state index contributed by atoms with van der Waals surface area (Å²) in [6.07, 6.45) is 16.0. The van der Waals surface area contributed by atoms with Crippen molar-refractivity contribution in [3.05, 3.63) is 47.6 Å². The highest BCUT2D eigenvalue weighted by molar-refractivity contribution is 5.87. The van der Waals surface area contributed by atoms with Gasteiger partial charge in [-0.1, -0.05) is 50.3 Å². The van der Waals surface area contributed by atoms with E-state index in [2.05, 4.69) is 43.6 Å². The monoisotopic (exact) mass is 495 g/mol. The van der Waals surface area contributed by atoms with Gasteiger partial charge in [-0.05, 0) is 92.6 Å². The first-order chi connectivity index (χ1) is 17.1. The van der Waals surface area contributed by atoms with Crippen molar-refractivity contribution >= 4 is 5.90 Å². The number of aliphatic hydroxyl groups is 3. The van der Waals surface area contributed by atoms with Crippen LogP contribution in [0.4, 0.5) is 0 Å². The van der Waals surface area contributed by atoms with Gasteiger partial charge in [0.1, 0.15) is 6.10 Å². The lowest BCUT2D eigenvalue weighted by Crippen LogP contribution is -2.35. The van der Waals surface area contributed by atoms with Crippen LogP contribution >= 0.6 is 0 Å². The van der Waals surface area contributed by atoms with Crippen LogP contribution in [0.25, 0.3) is 0 Å². The Morgan fingerprint density at radius 3 is 2.61 bits per heavy atom. The first kappa shape index (κ1) is 25.9. The molecule has 5 heteroatoms. The average molecular weight is 496 g/mol. The van der Waals surface area contributed by atoms with Crippen molar-refractivity contribution in [3.63, 3.8) is 0 Å². The Hall–Kier alpha value is -1.69. The van der Waals surface area contributed by atoms with Gasteiger partial charge in [-0.2, -0.15) is 0 Å². The van der Waals surface area contributed by atoms with Crippen molar-refractivity contribution in [2.75, 3.05) is 6.54 Å². The lowest BCUT2D eigenvalue weighted by Gasteiger charge is -2.44. The summed E-state index contributed by atoms with van der Waals surface area (Å²) in [4.78, 5) is 4.57. The Labute approximate surface area is 216 Å². The van der Waals surface area contributed by atoms with Gasteiger partial charge in [0, 0.05) is 6.42 Å². The molecule has 0 aromatic rings. The Bertz CT molecular complexity index is 989. The van der Waals surface area contributed by atoms with Crippen LogP contribution in [0, 0.1) is 28.6 Å². The van der Waals surface area contributed by atoms with E-state index < -0.39 is 18.3 Å². The van der Waals surface area contributed by atoms with Gasteiger partial charge in [0.05, 0.1) is 30.3 Å². The molecule has 1 aliphatic heterocycles. The largest absolute Gasteiger partial charge is 0.476 e. The first-order valence-corrected chi connectivity index (χ1v) is 14.2. The third-order valence-electron chi connectivity index (χ3n) is 10.1. The number of hydrogen-bond acceptors (Lipinski definition) is 5. The molecule has 4 aliphatic carbocycles. The maximum Gasteiger partial charge on any atom is 0.193 e. The highest BCUT2D eigenvalue weighted by atomic mass is 16.5. The zero-order valence-electron chi connectivity index (χ0n) is 22.3. The van der Waals surface area contributed by atoms with Crippen LogP contribution in [0.2, 0.25) is 0 Å². The van der Waals surface area contributed by atoms with E-state index in [-0.39, 0.29) is 16.9 Å². The Morgan fingerprint density at radius 2 is 1.92 bits per heavy atom. The molecule has 0 aromatic heterocycles. The normalized spacial score (nSPS) is 41.9. The number of fused-ring (bicyclic) bond motifs is 1. The van der Waals surface area contributed by atoms with Crippen molar-refractivity contribution < 1.29 is 20.1 Å². The van der Waals surface area contributed by atoms with Crippen LogP contribution in [0.1, 0.15) is 78.6 Å². The number of aliphatic hydroxyl groups excluding tert-OH is 3. The summed E-state index contributed by atoms with van der Waals surface area (Å²) in [6.45, 7) is 11.6. The fraction of sp³-hybridized carbons (Fsp3) is 0.710. The van der Waals surface area contributed by atoms with Crippen molar-refractivity contribution in [1.29, 1.82) is 0 Å². The molecule has 0 spiro atoms. The second kappa shape index (κ2) is 9.89. The number of aliphatic imine (C=N–C) groups is 1. The summed E-state index contributed by atoms with van der Waals surface area (Å²) in [5, 5.41) is 31.4. The summed E-state index contributed by atoms with van der Waals surface area (Å²) in [5.74, 6) is 2.32. The topological polar surface area (TPSA) is 82.3 Å². The standard InChI is InChI=1S/C31H45NO4/c1-19(7-12-28(35)31(14-15-31)29-32-18-20(2)36-29)25-10-11-26-22(6-5-13-30(25,26)4)8-9-23-16-24(33)17-27(34)21(23)3/h7-9,12,19-20,24-28,33-35H,3,5-6,10-11,13-18H2,1-2,4H3/b12-7+,22-8+,23-9-/t19-,20?,24-,25-,26+,27+,28+,30-/m1/s1. The smallest absolute Gasteiger partial charge is 0.193 e. The maximum absolute atomic E-state index is 11.1. The Kier molecular flexibility index (Phi) is 7.12. The van der Waals surface area contributed by atoms with Crippen molar-refractivity contribution in [1.82, 2.24) is 0 Å². The van der Waals surface area contributed by atoms with E-state index >= 15 is 0 Å². The molecular weight excluding hydrogens is 450 g/mol. The molecule has 5 aliphatic rings. The third-order valence-corrected chi connectivity index (χ3v) is 10.1. The van der Waals surface area contributed by atoms with Gasteiger partial charge in [-0.3, -0.25) is 4.99 Å². The number of nitrogens with zero attached hydrogens (tertiary/aromatic N) is 1. The minimum absolute atomic E-state index is 0.124. The number of ether oxygens (including phenoxy) is 1. The molecule has 8 atom stereocenters. The van der Waals surface area contributed by atoms with Crippen molar-refractivity contribution in [3.8, 4) is 0 Å². The summed E-state index contributed by atoms with van der Waals surface area (Å²) in [6, 6.07) is 0. The van der Waals surface area contributed by atoms with E-state index in [1.807, 2.05) is 13.0 Å². The van der Waals surface area contributed by atoms with Crippen LogP contribution in [0.5, 0.6) is 0 Å². The average Bonchev–Trinajstić information content (AvgIpc) is 3.41. The molecule has 0 radical (unpaired) electrons. The van der Waals surface area contributed by atoms with Crippen LogP contribution < -0.4 is 0 Å². The lowest BCUT2D eigenvalue weighted by atomic mass is 9.61. The molecule has 0 aromatic carbocycles. The molecule has 5 nitrogen and oxygen atoms in total. The Balaban J connectivity index is 1.27. The van der Waals surface area contributed by atoms with Crippen molar-refractivity contribution in [2.24, 2.45) is 33.6 Å². The van der Waals surface area contributed by atoms with Gasteiger partial charge < -0.3 is 20.1 Å². The fourth-order valence-electron chi connectivity index (χ4n) is 7.73. The van der Waals surface area contributed by atoms with Gasteiger partial charge in [-0.25, -0.2) is 0 Å². The summed E-state index contributed by atoms with van der Waals surface area (Å²) >= 11 is 0. The third kappa shape index (κ3) is 4.68. The molecule has 0 amide bonds. The van der Waals surface area contributed by atoms with Gasteiger partial charge >= 0.3 is 0 Å². The minimum atomic E-state index is -0.639. The van der Waals surface area contributed by atoms with E-state index in [9.17, 15) is 15.3 Å². The van der Waals surface area contributed by atoms with E-state index in [0.717, 1.165) is 36.3 Å². The zero-order chi connectivity index (χ0) is 25.7. The van der Waals surface area contributed by atoms with E-state index in [4.69, 9.17) is 4.74 Å². The molecule has 4 saturated carbocycles. The molecule has 36 heavy (non-hydrogen) atoms. The predicted octanol–water partition coefficient (Wildman–Crippen LogP) is 5.28. The highest BCUT2D eigenvalue weighted by Crippen LogP contribution is 2.60. The van der Waals surface area contributed by atoms with Gasteiger partial charge in [0.15, 0.2) is 5.90 Å². The molecule has 0 saturated heterocycles. The van der Waals surface area contributed by atoms with Crippen LogP contribution in [-0.2, 0) is 4.74 Å². The lowest BCUT2D eigenvalue weighted by molar-refractivity contribution is 0.0862. The Morgan fingerprint density at radius 1 is 1.14 bits per heavy atom. The molecule has 5 rings (SSSR count). The summed E-state index contributed by atoms with van der Waals surface area (Å²) < 4.78 is 5.91. The SMILES string of the molecule is C=C1/C(=C\C=C2/CCC[C@]3(C)[C@@H]([C@H](C)/C=C/[C@H](O)C4(C5=NCC(C)O5)CC4)CC[C@@H]23)C[C@@H](O)C[C@@H]1O. The van der Waals surface area contributed by atoms with Crippen molar-refractivity contribution in [2.45, 2.75) is 103 Å². The molecule has 198 valence electrons. The second-order valence-corrected chi connectivity index (χ2v) is 12.6. The molecule has 1 heterocycles. The molecule has 4 fully saturated rings. The van der Waals surface area contributed by atoms with E-state index in [1.54, 1.807) is 0 Å². The predicted molar refractivity (Wildman–Crippen MR) is 144 cm³/mol. The molecule has 0 bridgehead atoms. The maximum atomic E-state index is 11.1. The molecule has 3 N–H and O–H groups in total. The fourth-order valence-corrected chi connectivity index (χ4v) is 7.73. The van der Waals surface area contributed by atoms with Crippen LogP contribution in [0.3, 0.4) is 0 Å².